The number of aryl methyl sites for hydroxylation is 2. The Bertz CT molecular complexity index is 1100. The van der Waals surface area contributed by atoms with Gasteiger partial charge in [0.15, 0.2) is 6.61 Å². The number of rotatable bonds is 7. The van der Waals surface area contributed by atoms with Gasteiger partial charge in [0.25, 0.3) is 5.89 Å². The Labute approximate surface area is 170 Å². The van der Waals surface area contributed by atoms with E-state index in [0.717, 1.165) is 16.8 Å². The number of aromatic nitrogens is 3. The predicted molar refractivity (Wildman–Crippen MR) is 103 cm³/mol. The minimum atomic E-state index is -0.511. The molecule has 0 bridgehead atoms. The lowest BCUT2D eigenvalue weighted by atomic mass is 10.2. The first kappa shape index (κ1) is 18.9. The highest BCUT2D eigenvalue weighted by molar-refractivity contribution is 7.08. The van der Waals surface area contributed by atoms with Crippen LogP contribution in [0.1, 0.15) is 33.3 Å². The second kappa shape index (κ2) is 8.27. The van der Waals surface area contributed by atoms with E-state index in [-0.39, 0.29) is 12.5 Å². The molecule has 0 radical (unpaired) electrons. The molecule has 0 saturated heterocycles. The van der Waals surface area contributed by atoms with Crippen molar-refractivity contribution < 1.29 is 23.3 Å². The van der Waals surface area contributed by atoms with Crippen molar-refractivity contribution in [1.82, 2.24) is 15.3 Å². The summed E-state index contributed by atoms with van der Waals surface area (Å²) in [5, 5.41) is 11.6. The normalized spacial score (nSPS) is 10.8. The van der Waals surface area contributed by atoms with Crippen molar-refractivity contribution in [2.45, 2.75) is 27.1 Å². The molecular formula is C20H17N3O5S. The summed E-state index contributed by atoms with van der Waals surface area (Å²) in [6.45, 7) is 3.87. The third-order valence-corrected chi connectivity index (χ3v) is 4.89. The van der Waals surface area contributed by atoms with Gasteiger partial charge in [0.05, 0.1) is 16.8 Å². The number of esters is 1. The van der Waals surface area contributed by atoms with Crippen molar-refractivity contribution in [3.63, 3.8) is 0 Å². The van der Waals surface area contributed by atoms with Crippen LogP contribution in [0.3, 0.4) is 0 Å². The number of hydrogen-bond donors (Lipinski definition) is 0. The summed E-state index contributed by atoms with van der Waals surface area (Å²) in [6, 6.07) is 8.64. The zero-order valence-corrected chi connectivity index (χ0v) is 16.6. The predicted octanol–water partition coefficient (Wildman–Crippen LogP) is 4.34. The second-order valence-corrected chi connectivity index (χ2v) is 7.00. The smallest absolute Gasteiger partial charge is 0.338 e. The molecule has 9 heteroatoms. The third-order valence-electron chi connectivity index (χ3n) is 4.21. The average Bonchev–Trinajstić information content (AvgIpc) is 3.47. The van der Waals surface area contributed by atoms with Crippen LogP contribution in [0.25, 0.3) is 11.4 Å². The Morgan fingerprint density at radius 1 is 1.14 bits per heavy atom. The summed E-state index contributed by atoms with van der Waals surface area (Å²) in [5.41, 5.74) is 2.88. The van der Waals surface area contributed by atoms with Gasteiger partial charge in [0, 0.05) is 10.9 Å². The number of carbonyl (C=O) groups excluding carboxylic acids is 1. The molecule has 8 nitrogen and oxygen atoms in total. The minimum Gasteiger partial charge on any atom is -0.489 e. The zero-order chi connectivity index (χ0) is 20.2. The molecule has 0 N–H and O–H groups in total. The van der Waals surface area contributed by atoms with E-state index in [4.69, 9.17) is 18.5 Å². The lowest BCUT2D eigenvalue weighted by Gasteiger charge is -2.07. The molecule has 0 fully saturated rings. The molecule has 29 heavy (non-hydrogen) atoms. The van der Waals surface area contributed by atoms with E-state index < -0.39 is 5.97 Å². The van der Waals surface area contributed by atoms with Crippen LogP contribution in [0.2, 0.25) is 0 Å². The van der Waals surface area contributed by atoms with Crippen LogP contribution < -0.4 is 4.74 Å². The maximum atomic E-state index is 12.4. The van der Waals surface area contributed by atoms with E-state index >= 15 is 0 Å². The van der Waals surface area contributed by atoms with Crippen LogP contribution in [-0.4, -0.2) is 21.3 Å². The van der Waals surface area contributed by atoms with Gasteiger partial charge in [-0.05, 0) is 43.5 Å². The molecule has 4 rings (SSSR count). The molecule has 3 aromatic heterocycles. The molecule has 0 unspecified atom stereocenters. The van der Waals surface area contributed by atoms with Gasteiger partial charge in [0.2, 0.25) is 5.82 Å². The molecule has 3 heterocycles. The lowest BCUT2D eigenvalue weighted by Crippen LogP contribution is -2.06. The van der Waals surface area contributed by atoms with E-state index in [1.165, 1.54) is 11.3 Å². The molecule has 4 aromatic rings. The van der Waals surface area contributed by atoms with Crippen molar-refractivity contribution in [2.24, 2.45) is 0 Å². The van der Waals surface area contributed by atoms with Crippen LogP contribution in [0.4, 0.5) is 0 Å². The molecule has 0 saturated carbocycles. The maximum Gasteiger partial charge on any atom is 0.338 e. The first-order chi connectivity index (χ1) is 14.1. The van der Waals surface area contributed by atoms with Crippen LogP contribution in [-0.2, 0) is 18.0 Å². The van der Waals surface area contributed by atoms with Gasteiger partial charge in [-0.1, -0.05) is 16.4 Å². The number of ether oxygens (including phenoxy) is 2. The number of thiophene rings is 1. The molecular weight excluding hydrogens is 394 g/mol. The molecule has 0 spiro atoms. The standard InChI is InChI=1S/C20H17N3O5S/c1-12-17(13(2)27-22-12)9-25-16-5-3-4-14(8-16)20(24)26-10-18-21-19(23-28-18)15-6-7-29-11-15/h3-8,11H,9-10H2,1-2H3. The fraction of sp³-hybridized carbons (Fsp3) is 0.200. The lowest BCUT2D eigenvalue weighted by molar-refractivity contribution is 0.0429. The van der Waals surface area contributed by atoms with E-state index in [1.807, 2.05) is 30.7 Å². The van der Waals surface area contributed by atoms with Gasteiger partial charge >= 0.3 is 5.97 Å². The van der Waals surface area contributed by atoms with Crippen molar-refractivity contribution >= 4 is 17.3 Å². The highest BCUT2D eigenvalue weighted by Gasteiger charge is 2.14. The van der Waals surface area contributed by atoms with Crippen molar-refractivity contribution in [1.29, 1.82) is 0 Å². The van der Waals surface area contributed by atoms with Crippen LogP contribution in [0.5, 0.6) is 5.75 Å². The highest BCUT2D eigenvalue weighted by atomic mass is 32.1. The quantitative estimate of drug-likeness (QED) is 0.414. The Morgan fingerprint density at radius 2 is 2.03 bits per heavy atom. The Balaban J connectivity index is 1.36. The second-order valence-electron chi connectivity index (χ2n) is 6.22. The Hall–Kier alpha value is -3.46. The van der Waals surface area contributed by atoms with Gasteiger partial charge in [0.1, 0.15) is 18.1 Å². The number of hydrogen-bond acceptors (Lipinski definition) is 9. The summed E-state index contributed by atoms with van der Waals surface area (Å²) < 4.78 is 21.3. The van der Waals surface area contributed by atoms with Gasteiger partial charge in [-0.2, -0.15) is 16.3 Å². The van der Waals surface area contributed by atoms with Crippen LogP contribution in [0, 0.1) is 13.8 Å². The summed E-state index contributed by atoms with van der Waals surface area (Å²) in [6.07, 6.45) is 0. The first-order valence-corrected chi connectivity index (χ1v) is 9.71. The van der Waals surface area contributed by atoms with E-state index in [2.05, 4.69) is 15.3 Å². The molecule has 1 aromatic carbocycles. The van der Waals surface area contributed by atoms with E-state index in [9.17, 15) is 4.79 Å². The molecule has 0 amide bonds. The molecule has 148 valence electrons. The largest absolute Gasteiger partial charge is 0.489 e. The molecule has 0 atom stereocenters. The van der Waals surface area contributed by atoms with Gasteiger partial charge < -0.3 is 18.5 Å². The van der Waals surface area contributed by atoms with Crippen molar-refractivity contribution in [3.8, 4) is 17.1 Å². The van der Waals surface area contributed by atoms with E-state index in [1.54, 1.807) is 24.3 Å². The van der Waals surface area contributed by atoms with Gasteiger partial charge in [-0.3, -0.25) is 0 Å². The van der Waals surface area contributed by atoms with Gasteiger partial charge in [-0.15, -0.1) is 0 Å². The maximum absolute atomic E-state index is 12.4. The summed E-state index contributed by atoms with van der Waals surface area (Å²) >= 11 is 1.54. The highest BCUT2D eigenvalue weighted by Crippen LogP contribution is 2.20. The van der Waals surface area contributed by atoms with Crippen LogP contribution in [0.15, 0.2) is 50.1 Å². The summed E-state index contributed by atoms with van der Waals surface area (Å²) in [4.78, 5) is 16.6. The van der Waals surface area contributed by atoms with Gasteiger partial charge in [-0.25, -0.2) is 4.79 Å². The fourth-order valence-corrected chi connectivity index (χ4v) is 3.24. The first-order valence-electron chi connectivity index (χ1n) is 8.77. The minimum absolute atomic E-state index is 0.111. The van der Waals surface area contributed by atoms with Crippen molar-refractivity contribution in [3.05, 3.63) is 69.6 Å². The summed E-state index contributed by atoms with van der Waals surface area (Å²) in [5.74, 6) is 1.43. The summed E-state index contributed by atoms with van der Waals surface area (Å²) in [7, 11) is 0. The average molecular weight is 411 g/mol. The van der Waals surface area contributed by atoms with Crippen molar-refractivity contribution in [2.75, 3.05) is 0 Å². The third kappa shape index (κ3) is 4.35. The monoisotopic (exact) mass is 411 g/mol. The van der Waals surface area contributed by atoms with Crippen LogP contribution >= 0.6 is 11.3 Å². The zero-order valence-electron chi connectivity index (χ0n) is 15.7. The number of nitrogens with zero attached hydrogens (tertiary/aromatic N) is 3. The number of carbonyl (C=O) groups is 1. The topological polar surface area (TPSA) is 100 Å². The fourth-order valence-electron chi connectivity index (χ4n) is 2.61. The molecule has 0 aliphatic heterocycles. The SMILES string of the molecule is Cc1noc(C)c1COc1cccc(C(=O)OCc2nc(-c3ccsc3)no2)c1. The Morgan fingerprint density at radius 3 is 2.79 bits per heavy atom. The molecule has 0 aliphatic rings. The number of benzene rings is 1. The Kier molecular flexibility index (Phi) is 5.39. The van der Waals surface area contributed by atoms with E-state index in [0.29, 0.717) is 29.5 Å². The molecule has 0 aliphatic carbocycles.